The largest absolute Gasteiger partial charge is 0.495 e. The third kappa shape index (κ3) is 3.69. The lowest BCUT2D eigenvalue weighted by Gasteiger charge is -2.08. The maximum Gasteiger partial charge on any atom is 0.271 e. The SMILES string of the molecule is COc1ccc([N+](=O)[O-])cc1NC(=O)/C=C/c1ccc2c(c1)OCO2. The van der Waals surface area contributed by atoms with Crippen molar-refractivity contribution in [1.29, 1.82) is 0 Å². The van der Waals surface area contributed by atoms with E-state index in [0.29, 0.717) is 17.2 Å². The van der Waals surface area contributed by atoms with Gasteiger partial charge in [0, 0.05) is 18.2 Å². The zero-order valence-corrected chi connectivity index (χ0v) is 13.2. The number of amides is 1. The Labute approximate surface area is 142 Å². The van der Waals surface area contributed by atoms with E-state index < -0.39 is 10.8 Å². The van der Waals surface area contributed by atoms with Crippen molar-refractivity contribution in [2.75, 3.05) is 19.2 Å². The van der Waals surface area contributed by atoms with Gasteiger partial charge >= 0.3 is 0 Å². The normalized spacial score (nSPS) is 12.2. The monoisotopic (exact) mass is 342 g/mol. The third-order valence-electron chi connectivity index (χ3n) is 3.48. The Morgan fingerprint density at radius 2 is 2.04 bits per heavy atom. The Hall–Kier alpha value is -3.55. The number of fused-ring (bicyclic) bond motifs is 1. The first kappa shape index (κ1) is 16.3. The van der Waals surface area contributed by atoms with Gasteiger partial charge in [0.25, 0.3) is 5.69 Å². The maximum absolute atomic E-state index is 12.1. The van der Waals surface area contributed by atoms with Gasteiger partial charge < -0.3 is 19.5 Å². The molecule has 0 unspecified atom stereocenters. The molecule has 1 aliphatic heterocycles. The van der Waals surface area contributed by atoms with Crippen LogP contribution in [0.15, 0.2) is 42.5 Å². The number of hydrogen-bond acceptors (Lipinski definition) is 6. The van der Waals surface area contributed by atoms with Crippen LogP contribution in [0.4, 0.5) is 11.4 Å². The number of nitro groups is 1. The molecule has 8 heteroatoms. The molecule has 0 saturated heterocycles. The topological polar surface area (TPSA) is 99.9 Å². The molecule has 0 aromatic heterocycles. The predicted octanol–water partition coefficient (Wildman–Crippen LogP) is 2.98. The Kier molecular flexibility index (Phi) is 4.51. The number of anilines is 1. The molecule has 0 saturated carbocycles. The van der Waals surface area contributed by atoms with E-state index in [9.17, 15) is 14.9 Å². The second-order valence-corrected chi connectivity index (χ2v) is 5.08. The van der Waals surface area contributed by atoms with Crippen LogP contribution in [-0.2, 0) is 4.79 Å². The quantitative estimate of drug-likeness (QED) is 0.509. The number of nitrogens with one attached hydrogen (secondary N) is 1. The first-order valence-electron chi connectivity index (χ1n) is 7.28. The predicted molar refractivity (Wildman–Crippen MR) is 89.9 cm³/mol. The number of hydrogen-bond donors (Lipinski definition) is 1. The first-order valence-corrected chi connectivity index (χ1v) is 7.28. The zero-order chi connectivity index (χ0) is 17.8. The van der Waals surface area contributed by atoms with Gasteiger partial charge in [-0.15, -0.1) is 0 Å². The number of methoxy groups -OCH3 is 1. The number of benzene rings is 2. The molecule has 1 amide bonds. The fourth-order valence-corrected chi connectivity index (χ4v) is 2.27. The molecule has 8 nitrogen and oxygen atoms in total. The van der Waals surface area contributed by atoms with E-state index in [-0.39, 0.29) is 18.2 Å². The summed E-state index contributed by atoms with van der Waals surface area (Å²) in [5, 5.41) is 13.4. The Morgan fingerprint density at radius 3 is 2.80 bits per heavy atom. The number of non-ortho nitro benzene ring substituents is 1. The first-order chi connectivity index (χ1) is 12.1. The average Bonchev–Trinajstić information content (AvgIpc) is 3.07. The van der Waals surface area contributed by atoms with Gasteiger partial charge in [0.05, 0.1) is 17.7 Å². The highest BCUT2D eigenvalue weighted by atomic mass is 16.7. The molecule has 1 N–H and O–H groups in total. The van der Waals surface area contributed by atoms with Crippen LogP contribution in [0, 0.1) is 10.1 Å². The van der Waals surface area contributed by atoms with Gasteiger partial charge in [0.15, 0.2) is 11.5 Å². The molecule has 0 bridgehead atoms. The maximum atomic E-state index is 12.1. The second-order valence-electron chi connectivity index (χ2n) is 5.08. The average molecular weight is 342 g/mol. The van der Waals surface area contributed by atoms with Gasteiger partial charge in [-0.05, 0) is 29.8 Å². The highest BCUT2D eigenvalue weighted by molar-refractivity contribution is 6.03. The molecule has 128 valence electrons. The summed E-state index contributed by atoms with van der Waals surface area (Å²) in [7, 11) is 1.42. The fourth-order valence-electron chi connectivity index (χ4n) is 2.27. The molecule has 0 fully saturated rings. The summed E-state index contributed by atoms with van der Waals surface area (Å²) in [6.07, 6.45) is 2.91. The van der Waals surface area contributed by atoms with E-state index in [1.165, 1.54) is 31.4 Å². The van der Waals surface area contributed by atoms with Gasteiger partial charge in [-0.2, -0.15) is 0 Å². The van der Waals surface area contributed by atoms with Gasteiger partial charge in [0.1, 0.15) is 5.75 Å². The van der Waals surface area contributed by atoms with Gasteiger partial charge in [-0.3, -0.25) is 14.9 Å². The minimum Gasteiger partial charge on any atom is -0.495 e. The summed E-state index contributed by atoms with van der Waals surface area (Å²) in [5.41, 5.74) is 0.832. The second kappa shape index (κ2) is 6.91. The summed E-state index contributed by atoms with van der Waals surface area (Å²) in [6, 6.07) is 9.26. The summed E-state index contributed by atoms with van der Waals surface area (Å²) in [6.45, 7) is 0.176. The summed E-state index contributed by atoms with van der Waals surface area (Å²) >= 11 is 0. The Balaban J connectivity index is 1.74. The lowest BCUT2D eigenvalue weighted by atomic mass is 10.2. The lowest BCUT2D eigenvalue weighted by Crippen LogP contribution is -2.09. The van der Waals surface area contributed by atoms with E-state index in [2.05, 4.69) is 5.32 Å². The number of nitro benzene ring substituents is 1. The van der Waals surface area contributed by atoms with Crippen molar-refractivity contribution in [1.82, 2.24) is 0 Å². The molecule has 2 aromatic rings. The summed E-state index contributed by atoms with van der Waals surface area (Å²) in [4.78, 5) is 22.4. The van der Waals surface area contributed by atoms with Crippen LogP contribution >= 0.6 is 0 Å². The third-order valence-corrected chi connectivity index (χ3v) is 3.48. The van der Waals surface area contributed by atoms with Crippen LogP contribution in [0.5, 0.6) is 17.2 Å². The van der Waals surface area contributed by atoms with Crippen molar-refractivity contribution in [3.63, 3.8) is 0 Å². The van der Waals surface area contributed by atoms with Crippen molar-refractivity contribution < 1.29 is 23.9 Å². The highest BCUT2D eigenvalue weighted by Crippen LogP contribution is 2.33. The molecular weight excluding hydrogens is 328 g/mol. The fraction of sp³-hybridized carbons (Fsp3) is 0.118. The van der Waals surface area contributed by atoms with Crippen molar-refractivity contribution >= 4 is 23.4 Å². The minimum absolute atomic E-state index is 0.143. The van der Waals surface area contributed by atoms with Gasteiger partial charge in [-0.1, -0.05) is 6.07 Å². The standard InChI is InChI=1S/C17H14N2O6/c1-23-14-6-4-12(19(21)22)9-13(14)18-17(20)7-3-11-2-5-15-16(8-11)25-10-24-15/h2-9H,10H2,1H3,(H,18,20)/b7-3+. The molecule has 0 aliphatic carbocycles. The highest BCUT2D eigenvalue weighted by Gasteiger charge is 2.14. The van der Waals surface area contributed by atoms with Crippen LogP contribution in [0.2, 0.25) is 0 Å². The zero-order valence-electron chi connectivity index (χ0n) is 13.2. The number of carbonyl (C=O) groups is 1. The number of rotatable bonds is 5. The Bertz CT molecular complexity index is 862. The van der Waals surface area contributed by atoms with E-state index in [1.54, 1.807) is 24.3 Å². The number of nitrogens with zero attached hydrogens (tertiary/aromatic N) is 1. The van der Waals surface area contributed by atoms with Crippen molar-refractivity contribution in [3.8, 4) is 17.2 Å². The Morgan fingerprint density at radius 1 is 1.24 bits per heavy atom. The molecule has 1 aliphatic rings. The molecule has 0 spiro atoms. The van der Waals surface area contributed by atoms with E-state index >= 15 is 0 Å². The van der Waals surface area contributed by atoms with Crippen LogP contribution in [0.25, 0.3) is 6.08 Å². The minimum atomic E-state index is -0.544. The summed E-state index contributed by atoms with van der Waals surface area (Å²) < 4.78 is 15.6. The van der Waals surface area contributed by atoms with Crippen molar-refractivity contribution in [2.24, 2.45) is 0 Å². The molecule has 0 atom stereocenters. The molecule has 25 heavy (non-hydrogen) atoms. The van der Waals surface area contributed by atoms with E-state index in [4.69, 9.17) is 14.2 Å². The lowest BCUT2D eigenvalue weighted by molar-refractivity contribution is -0.384. The van der Waals surface area contributed by atoms with E-state index in [1.807, 2.05) is 0 Å². The van der Waals surface area contributed by atoms with Crippen LogP contribution in [0.3, 0.4) is 0 Å². The van der Waals surface area contributed by atoms with Crippen molar-refractivity contribution in [3.05, 3.63) is 58.2 Å². The summed E-state index contributed by atoms with van der Waals surface area (Å²) in [5.74, 6) is 1.15. The molecule has 0 radical (unpaired) electrons. The molecule has 1 heterocycles. The smallest absolute Gasteiger partial charge is 0.271 e. The van der Waals surface area contributed by atoms with Crippen LogP contribution in [-0.4, -0.2) is 24.7 Å². The molecule has 3 rings (SSSR count). The van der Waals surface area contributed by atoms with Crippen molar-refractivity contribution in [2.45, 2.75) is 0 Å². The van der Waals surface area contributed by atoms with E-state index in [0.717, 1.165) is 5.56 Å². The van der Waals surface area contributed by atoms with Crippen LogP contribution in [0.1, 0.15) is 5.56 Å². The molecule has 2 aromatic carbocycles. The van der Waals surface area contributed by atoms with Gasteiger partial charge in [-0.25, -0.2) is 0 Å². The number of carbonyl (C=O) groups excluding carboxylic acids is 1. The number of ether oxygens (including phenoxy) is 3. The van der Waals surface area contributed by atoms with Gasteiger partial charge in [0.2, 0.25) is 12.7 Å². The van der Waals surface area contributed by atoms with Crippen LogP contribution < -0.4 is 19.5 Å². The molecular formula is C17H14N2O6.